The van der Waals surface area contributed by atoms with Crippen molar-refractivity contribution in [3.63, 3.8) is 0 Å². The highest BCUT2D eigenvalue weighted by atomic mass is 79.9. The Balaban J connectivity index is -0.000000241. The predicted octanol–water partition coefficient (Wildman–Crippen LogP) is 2.48. The molecule has 0 fully saturated rings. The van der Waals surface area contributed by atoms with Crippen molar-refractivity contribution in [1.29, 1.82) is 0 Å². The van der Waals surface area contributed by atoms with Gasteiger partial charge in [-0.3, -0.25) is 0 Å². The third-order valence-electron chi connectivity index (χ3n) is 2.60. The van der Waals surface area contributed by atoms with Gasteiger partial charge in [0.25, 0.3) is 0 Å². The van der Waals surface area contributed by atoms with E-state index in [1.807, 2.05) is 0 Å². The Morgan fingerprint density at radius 3 is 1.36 bits per heavy atom. The summed E-state index contributed by atoms with van der Waals surface area (Å²) >= 11 is 0. The molecular weight excluding hydrogens is 544 g/mol. The Morgan fingerprint density at radius 1 is 0.636 bits per heavy atom. The molecule has 138 valence electrons. The second-order valence-electron chi connectivity index (χ2n) is 4.30. The summed E-state index contributed by atoms with van der Waals surface area (Å²) in [6.07, 6.45) is 8.68. The van der Waals surface area contributed by atoms with Gasteiger partial charge in [0.2, 0.25) is 0 Å². The highest BCUT2D eigenvalue weighted by Crippen LogP contribution is 1.78. The monoisotopic (exact) mass is 574 g/mol. The van der Waals surface area contributed by atoms with Gasteiger partial charge in [0.05, 0.1) is 6.54 Å². The zero-order chi connectivity index (χ0) is 13.3. The standard InChI is InChI=1S/C14H30N4.4BrH/c1-3-8-16-10-6-12-18-14-7-13-17-11-5-9-15-4-2;;;;/h1,15-18H,4-14H2,2H3;4*1H. The summed E-state index contributed by atoms with van der Waals surface area (Å²) in [6.45, 7) is 10.4. The third kappa shape index (κ3) is 33.1. The molecule has 0 aliphatic carbocycles. The zero-order valence-corrected chi connectivity index (χ0v) is 20.3. The van der Waals surface area contributed by atoms with Crippen molar-refractivity contribution in [1.82, 2.24) is 21.3 Å². The first-order valence-electron chi connectivity index (χ1n) is 7.18. The van der Waals surface area contributed by atoms with Crippen molar-refractivity contribution < 1.29 is 0 Å². The van der Waals surface area contributed by atoms with Crippen LogP contribution < -0.4 is 21.3 Å². The third-order valence-corrected chi connectivity index (χ3v) is 2.60. The molecule has 0 rings (SSSR count). The Kier molecular flexibility index (Phi) is 53.2. The van der Waals surface area contributed by atoms with Crippen molar-refractivity contribution >= 4 is 67.9 Å². The summed E-state index contributed by atoms with van der Waals surface area (Å²) in [5.74, 6) is 2.57. The van der Waals surface area contributed by atoms with Crippen LogP contribution in [0.5, 0.6) is 0 Å². The number of terminal acetylenes is 1. The molecule has 0 saturated carbocycles. The molecule has 0 heterocycles. The largest absolute Gasteiger partial charge is 0.317 e. The van der Waals surface area contributed by atoms with Crippen molar-refractivity contribution in [2.45, 2.75) is 26.2 Å². The smallest absolute Gasteiger partial charge is 0.0573 e. The van der Waals surface area contributed by atoms with Crippen LogP contribution in [0.2, 0.25) is 0 Å². The van der Waals surface area contributed by atoms with Crippen LogP contribution in [0.25, 0.3) is 0 Å². The average molecular weight is 578 g/mol. The van der Waals surface area contributed by atoms with E-state index in [-0.39, 0.29) is 67.9 Å². The van der Waals surface area contributed by atoms with Gasteiger partial charge in [-0.15, -0.1) is 74.3 Å². The predicted molar refractivity (Wildman–Crippen MR) is 121 cm³/mol. The van der Waals surface area contributed by atoms with Crippen LogP contribution in [0.3, 0.4) is 0 Å². The van der Waals surface area contributed by atoms with Crippen LogP contribution in [-0.4, -0.2) is 52.4 Å². The second-order valence-corrected chi connectivity index (χ2v) is 4.30. The van der Waals surface area contributed by atoms with Crippen molar-refractivity contribution in [2.24, 2.45) is 0 Å². The summed E-state index contributed by atoms with van der Waals surface area (Å²) < 4.78 is 0. The van der Waals surface area contributed by atoms with E-state index in [4.69, 9.17) is 6.42 Å². The van der Waals surface area contributed by atoms with Gasteiger partial charge >= 0.3 is 0 Å². The van der Waals surface area contributed by atoms with Crippen LogP contribution in [-0.2, 0) is 0 Å². The summed E-state index contributed by atoms with van der Waals surface area (Å²) in [7, 11) is 0. The Hall–Kier alpha value is 1.32. The molecule has 0 saturated heterocycles. The normalized spacial score (nSPS) is 8.55. The Morgan fingerprint density at radius 2 is 1.00 bits per heavy atom. The molecule has 0 atom stereocenters. The molecule has 0 unspecified atom stereocenters. The maximum atomic E-state index is 5.14. The van der Waals surface area contributed by atoms with Crippen LogP contribution in [0.15, 0.2) is 0 Å². The summed E-state index contributed by atoms with van der Waals surface area (Å²) in [4.78, 5) is 0. The number of rotatable bonds is 14. The molecule has 4 nitrogen and oxygen atoms in total. The molecule has 0 aromatic rings. The van der Waals surface area contributed by atoms with Gasteiger partial charge in [-0.1, -0.05) is 12.8 Å². The molecule has 0 aromatic heterocycles. The molecule has 0 radical (unpaired) electrons. The van der Waals surface area contributed by atoms with Gasteiger partial charge in [0.1, 0.15) is 0 Å². The van der Waals surface area contributed by atoms with E-state index in [0.29, 0.717) is 6.54 Å². The summed E-state index contributed by atoms with van der Waals surface area (Å²) in [6, 6.07) is 0. The van der Waals surface area contributed by atoms with E-state index < -0.39 is 0 Å². The maximum absolute atomic E-state index is 5.14. The molecule has 8 heteroatoms. The fraction of sp³-hybridized carbons (Fsp3) is 0.857. The van der Waals surface area contributed by atoms with Crippen LogP contribution >= 0.6 is 67.9 Å². The highest BCUT2D eigenvalue weighted by molar-refractivity contribution is 8.93. The molecule has 0 spiro atoms. The first kappa shape index (κ1) is 34.6. The van der Waals surface area contributed by atoms with Crippen LogP contribution in [0.1, 0.15) is 26.2 Å². The van der Waals surface area contributed by atoms with E-state index in [1.165, 1.54) is 12.8 Å². The second kappa shape index (κ2) is 33.8. The average Bonchev–Trinajstić information content (AvgIpc) is 2.39. The molecule has 0 bridgehead atoms. The number of hydrogen-bond acceptors (Lipinski definition) is 4. The first-order valence-corrected chi connectivity index (χ1v) is 7.18. The van der Waals surface area contributed by atoms with Gasteiger partial charge in [-0.05, 0) is 65.1 Å². The van der Waals surface area contributed by atoms with Crippen molar-refractivity contribution in [2.75, 3.05) is 52.4 Å². The maximum Gasteiger partial charge on any atom is 0.0573 e. The van der Waals surface area contributed by atoms with Gasteiger partial charge in [0.15, 0.2) is 0 Å². The van der Waals surface area contributed by atoms with E-state index in [1.54, 1.807) is 0 Å². The Labute approximate surface area is 179 Å². The first-order chi connectivity index (χ1) is 8.91. The topological polar surface area (TPSA) is 48.1 Å². The lowest BCUT2D eigenvalue weighted by Crippen LogP contribution is -2.26. The van der Waals surface area contributed by atoms with Crippen molar-refractivity contribution in [3.05, 3.63) is 0 Å². The lowest BCUT2D eigenvalue weighted by molar-refractivity contribution is 0.559. The van der Waals surface area contributed by atoms with Crippen LogP contribution in [0, 0.1) is 12.3 Å². The number of nitrogens with one attached hydrogen (secondary N) is 4. The van der Waals surface area contributed by atoms with Gasteiger partial charge < -0.3 is 21.3 Å². The lowest BCUT2D eigenvalue weighted by Gasteiger charge is -2.06. The molecule has 0 aromatic carbocycles. The van der Waals surface area contributed by atoms with E-state index in [2.05, 4.69) is 34.1 Å². The number of hydrogen-bond donors (Lipinski definition) is 4. The van der Waals surface area contributed by atoms with E-state index in [0.717, 1.165) is 52.2 Å². The SMILES string of the molecule is Br.Br.Br.Br.C#CCNCCCNCCCNCCCNCC. The zero-order valence-electron chi connectivity index (χ0n) is 13.5. The lowest BCUT2D eigenvalue weighted by atomic mass is 10.3. The molecule has 4 N–H and O–H groups in total. The van der Waals surface area contributed by atoms with Crippen molar-refractivity contribution in [3.8, 4) is 12.3 Å². The number of halogens is 4. The summed E-state index contributed by atoms with van der Waals surface area (Å²) in [5.41, 5.74) is 0. The molecule has 0 amide bonds. The van der Waals surface area contributed by atoms with E-state index in [9.17, 15) is 0 Å². The Bertz CT molecular complexity index is 204. The molecular formula is C14H34Br4N4. The molecule has 22 heavy (non-hydrogen) atoms. The minimum Gasteiger partial charge on any atom is -0.317 e. The van der Waals surface area contributed by atoms with Gasteiger partial charge in [0, 0.05) is 0 Å². The highest BCUT2D eigenvalue weighted by Gasteiger charge is 1.90. The minimum atomic E-state index is 0. The molecule has 0 aliphatic rings. The minimum absolute atomic E-state index is 0. The fourth-order valence-corrected chi connectivity index (χ4v) is 1.60. The molecule has 0 aliphatic heterocycles. The van der Waals surface area contributed by atoms with Crippen LogP contribution in [0.4, 0.5) is 0 Å². The van der Waals surface area contributed by atoms with Gasteiger partial charge in [-0.25, -0.2) is 0 Å². The summed E-state index contributed by atoms with van der Waals surface area (Å²) in [5, 5.41) is 13.4. The quantitative estimate of drug-likeness (QED) is 0.189. The van der Waals surface area contributed by atoms with Gasteiger partial charge in [-0.2, -0.15) is 0 Å². The fourth-order valence-electron chi connectivity index (χ4n) is 1.60. The van der Waals surface area contributed by atoms with E-state index >= 15 is 0 Å².